The number of aromatic nitrogens is 4. The molecule has 0 saturated carbocycles. The maximum absolute atomic E-state index is 5.71. The lowest BCUT2D eigenvalue weighted by molar-refractivity contribution is 0.693. The first kappa shape index (κ1) is 10.8. The molecule has 6 heteroatoms. The molecule has 2 aromatic rings. The Balaban J connectivity index is 2.68. The van der Waals surface area contributed by atoms with E-state index in [9.17, 15) is 0 Å². The van der Waals surface area contributed by atoms with E-state index >= 15 is 0 Å². The SMILES string of the molecule is Cc1cnn(-c2c(C(N)=S)c(C)nn2C)c1. The summed E-state index contributed by atoms with van der Waals surface area (Å²) in [6.45, 7) is 3.86. The van der Waals surface area contributed by atoms with Crippen LogP contribution in [0.1, 0.15) is 16.8 Å². The van der Waals surface area contributed by atoms with Crippen molar-refractivity contribution in [2.75, 3.05) is 0 Å². The lowest BCUT2D eigenvalue weighted by atomic mass is 10.2. The molecule has 84 valence electrons. The van der Waals surface area contributed by atoms with Crippen molar-refractivity contribution in [1.82, 2.24) is 19.6 Å². The van der Waals surface area contributed by atoms with Crippen molar-refractivity contribution in [1.29, 1.82) is 0 Å². The molecule has 0 amide bonds. The van der Waals surface area contributed by atoms with Crippen LogP contribution in [0.3, 0.4) is 0 Å². The van der Waals surface area contributed by atoms with Gasteiger partial charge in [0, 0.05) is 13.2 Å². The molecule has 0 atom stereocenters. The number of nitrogens with two attached hydrogens (primary N) is 1. The molecule has 0 aliphatic heterocycles. The quantitative estimate of drug-likeness (QED) is 0.784. The fraction of sp³-hybridized carbons (Fsp3) is 0.300. The third-order valence-corrected chi connectivity index (χ3v) is 2.57. The Morgan fingerprint density at radius 1 is 1.44 bits per heavy atom. The monoisotopic (exact) mass is 235 g/mol. The van der Waals surface area contributed by atoms with E-state index in [0.717, 1.165) is 22.6 Å². The molecular formula is C10H13N5S. The molecule has 2 rings (SSSR count). The molecule has 2 N–H and O–H groups in total. The van der Waals surface area contributed by atoms with Gasteiger partial charge in [0.2, 0.25) is 0 Å². The first-order valence-corrected chi connectivity index (χ1v) is 5.26. The molecule has 0 saturated heterocycles. The molecule has 0 fully saturated rings. The zero-order valence-corrected chi connectivity index (χ0v) is 10.2. The smallest absolute Gasteiger partial charge is 0.162 e. The largest absolute Gasteiger partial charge is 0.389 e. The summed E-state index contributed by atoms with van der Waals surface area (Å²) in [5.41, 5.74) is 8.38. The summed E-state index contributed by atoms with van der Waals surface area (Å²) >= 11 is 5.04. The fourth-order valence-corrected chi connectivity index (χ4v) is 1.96. The van der Waals surface area contributed by atoms with Crippen molar-refractivity contribution in [3.8, 4) is 5.82 Å². The molecule has 0 aliphatic rings. The Morgan fingerprint density at radius 3 is 2.62 bits per heavy atom. The summed E-state index contributed by atoms with van der Waals surface area (Å²) in [4.78, 5) is 0.341. The zero-order chi connectivity index (χ0) is 11.9. The number of thiocarbonyl (C=S) groups is 1. The first-order chi connectivity index (χ1) is 7.50. The molecule has 0 unspecified atom stereocenters. The summed E-state index contributed by atoms with van der Waals surface area (Å²) < 4.78 is 3.47. The molecule has 5 nitrogen and oxygen atoms in total. The van der Waals surface area contributed by atoms with Gasteiger partial charge in [0.05, 0.1) is 17.5 Å². The number of nitrogens with zero attached hydrogens (tertiary/aromatic N) is 4. The van der Waals surface area contributed by atoms with E-state index in [1.54, 1.807) is 15.6 Å². The maximum Gasteiger partial charge on any atom is 0.162 e. The van der Waals surface area contributed by atoms with Crippen LogP contribution >= 0.6 is 12.2 Å². The van der Waals surface area contributed by atoms with Crippen molar-refractivity contribution < 1.29 is 0 Å². The van der Waals surface area contributed by atoms with Crippen LogP contribution in [0.5, 0.6) is 0 Å². The van der Waals surface area contributed by atoms with Gasteiger partial charge in [-0.1, -0.05) is 12.2 Å². The number of hydrogen-bond donors (Lipinski definition) is 1. The van der Waals surface area contributed by atoms with Crippen molar-refractivity contribution in [2.45, 2.75) is 13.8 Å². The normalized spacial score (nSPS) is 10.7. The molecular weight excluding hydrogens is 222 g/mol. The Morgan fingerprint density at radius 2 is 2.12 bits per heavy atom. The van der Waals surface area contributed by atoms with E-state index in [2.05, 4.69) is 10.2 Å². The second-order valence-corrected chi connectivity index (χ2v) is 4.17. The van der Waals surface area contributed by atoms with E-state index in [1.165, 1.54) is 0 Å². The molecule has 0 spiro atoms. The van der Waals surface area contributed by atoms with Crippen molar-refractivity contribution in [3.63, 3.8) is 0 Å². The Kier molecular flexibility index (Phi) is 2.51. The summed E-state index contributed by atoms with van der Waals surface area (Å²) in [7, 11) is 1.85. The van der Waals surface area contributed by atoms with Gasteiger partial charge in [-0.15, -0.1) is 0 Å². The van der Waals surface area contributed by atoms with E-state index < -0.39 is 0 Å². The minimum atomic E-state index is 0.341. The van der Waals surface area contributed by atoms with E-state index in [0.29, 0.717) is 4.99 Å². The third-order valence-electron chi connectivity index (χ3n) is 2.37. The molecule has 0 bridgehead atoms. The average molecular weight is 235 g/mol. The molecule has 0 aromatic carbocycles. The van der Waals surface area contributed by atoms with Gasteiger partial charge in [-0.3, -0.25) is 4.68 Å². The van der Waals surface area contributed by atoms with Crippen LogP contribution in [-0.4, -0.2) is 24.5 Å². The Bertz CT molecular complexity index is 552. The number of hydrogen-bond acceptors (Lipinski definition) is 3. The van der Waals surface area contributed by atoms with Crippen LogP contribution in [-0.2, 0) is 7.05 Å². The van der Waals surface area contributed by atoms with E-state index in [1.807, 2.05) is 27.1 Å². The van der Waals surface area contributed by atoms with Crippen LogP contribution in [0.4, 0.5) is 0 Å². The van der Waals surface area contributed by atoms with Gasteiger partial charge in [-0.25, -0.2) is 4.68 Å². The van der Waals surface area contributed by atoms with Gasteiger partial charge >= 0.3 is 0 Å². The summed E-state index contributed by atoms with van der Waals surface area (Å²) in [6.07, 6.45) is 3.70. The summed E-state index contributed by atoms with van der Waals surface area (Å²) in [6, 6.07) is 0. The van der Waals surface area contributed by atoms with Gasteiger partial charge in [-0.2, -0.15) is 10.2 Å². The standard InChI is InChI=1S/C10H13N5S/c1-6-4-12-15(5-6)10-8(9(11)16)7(2)13-14(10)3/h4-5H,1-3H3,(H2,11,16). The maximum atomic E-state index is 5.71. The lowest BCUT2D eigenvalue weighted by Crippen LogP contribution is -2.15. The minimum Gasteiger partial charge on any atom is -0.389 e. The fourth-order valence-electron chi connectivity index (χ4n) is 1.73. The molecule has 0 aliphatic carbocycles. The van der Waals surface area contributed by atoms with Gasteiger partial charge in [0.1, 0.15) is 4.99 Å². The summed E-state index contributed by atoms with van der Waals surface area (Å²) in [5, 5.41) is 8.55. The van der Waals surface area contributed by atoms with Crippen LogP contribution in [0.15, 0.2) is 12.4 Å². The highest BCUT2D eigenvalue weighted by Gasteiger charge is 2.17. The highest BCUT2D eigenvalue weighted by atomic mass is 32.1. The predicted molar refractivity (Wildman–Crippen MR) is 65.7 cm³/mol. The van der Waals surface area contributed by atoms with Crippen molar-refractivity contribution in [3.05, 3.63) is 29.2 Å². The van der Waals surface area contributed by atoms with Gasteiger partial charge < -0.3 is 5.73 Å². The predicted octanol–water partition coefficient (Wildman–Crippen LogP) is 0.857. The molecule has 2 heterocycles. The number of rotatable bonds is 2. The lowest BCUT2D eigenvalue weighted by Gasteiger charge is -2.04. The van der Waals surface area contributed by atoms with Crippen LogP contribution < -0.4 is 5.73 Å². The van der Waals surface area contributed by atoms with Crippen molar-refractivity contribution in [2.24, 2.45) is 12.8 Å². The van der Waals surface area contributed by atoms with Crippen LogP contribution in [0.25, 0.3) is 5.82 Å². The second-order valence-electron chi connectivity index (χ2n) is 3.73. The molecule has 0 radical (unpaired) electrons. The van der Waals surface area contributed by atoms with Crippen LogP contribution in [0.2, 0.25) is 0 Å². The highest BCUT2D eigenvalue weighted by molar-refractivity contribution is 7.80. The minimum absolute atomic E-state index is 0.341. The molecule has 2 aromatic heterocycles. The highest BCUT2D eigenvalue weighted by Crippen LogP contribution is 2.17. The van der Waals surface area contributed by atoms with Gasteiger partial charge in [-0.05, 0) is 19.4 Å². The third kappa shape index (κ3) is 1.61. The van der Waals surface area contributed by atoms with E-state index in [-0.39, 0.29) is 0 Å². The average Bonchev–Trinajstić information content (AvgIpc) is 2.69. The van der Waals surface area contributed by atoms with Crippen molar-refractivity contribution >= 4 is 17.2 Å². The first-order valence-electron chi connectivity index (χ1n) is 4.85. The van der Waals surface area contributed by atoms with Gasteiger partial charge in [0.25, 0.3) is 0 Å². The van der Waals surface area contributed by atoms with Crippen LogP contribution in [0, 0.1) is 13.8 Å². The zero-order valence-electron chi connectivity index (χ0n) is 9.43. The topological polar surface area (TPSA) is 61.7 Å². The van der Waals surface area contributed by atoms with Gasteiger partial charge in [0.15, 0.2) is 5.82 Å². The molecule has 16 heavy (non-hydrogen) atoms. The second kappa shape index (κ2) is 3.71. The summed E-state index contributed by atoms with van der Waals surface area (Å²) in [5.74, 6) is 0.804. The van der Waals surface area contributed by atoms with E-state index in [4.69, 9.17) is 18.0 Å². The Hall–Kier alpha value is -1.69. The number of aryl methyl sites for hydroxylation is 3. The Labute approximate surface area is 98.9 Å².